The Balaban J connectivity index is 1.88. The molecule has 0 saturated carbocycles. The van der Waals surface area contributed by atoms with Crippen LogP contribution in [0.1, 0.15) is 45.1 Å². The van der Waals surface area contributed by atoms with Crippen LogP contribution in [-0.4, -0.2) is 31.6 Å². The Labute approximate surface area is 133 Å². The molecule has 1 fully saturated rings. The second-order valence-electron chi connectivity index (χ2n) is 6.28. The zero-order chi connectivity index (χ0) is 15.9. The summed E-state index contributed by atoms with van der Waals surface area (Å²) >= 11 is 0. The lowest BCUT2D eigenvalue weighted by molar-refractivity contribution is -0.124. The lowest BCUT2D eigenvalue weighted by Gasteiger charge is -2.30. The van der Waals surface area contributed by atoms with Gasteiger partial charge in [0.1, 0.15) is 5.75 Å². The van der Waals surface area contributed by atoms with E-state index >= 15 is 0 Å². The molecule has 0 spiro atoms. The van der Waals surface area contributed by atoms with E-state index in [0.717, 1.165) is 31.7 Å². The van der Waals surface area contributed by atoms with Gasteiger partial charge in [-0.1, -0.05) is 39.0 Å². The molecule has 1 aromatic rings. The summed E-state index contributed by atoms with van der Waals surface area (Å²) < 4.78 is 5.77. The molecule has 0 radical (unpaired) electrons. The smallest absolute Gasteiger partial charge is 0.258 e. The number of hydrogen-bond acceptors (Lipinski definition) is 3. The lowest BCUT2D eigenvalue weighted by atomic mass is 9.95. The van der Waals surface area contributed by atoms with Crippen LogP contribution >= 0.6 is 0 Å². The molecule has 122 valence electrons. The van der Waals surface area contributed by atoms with Crippen molar-refractivity contribution in [2.75, 3.05) is 19.7 Å². The summed E-state index contributed by atoms with van der Waals surface area (Å²) in [5.74, 6) is 1.69. The molecule has 1 aromatic carbocycles. The number of amides is 1. The highest BCUT2D eigenvalue weighted by molar-refractivity contribution is 5.78. The summed E-state index contributed by atoms with van der Waals surface area (Å²) in [5, 5.41) is 6.44. The van der Waals surface area contributed by atoms with Crippen LogP contribution in [0.15, 0.2) is 24.3 Å². The van der Waals surface area contributed by atoms with Crippen molar-refractivity contribution in [3.05, 3.63) is 29.8 Å². The van der Waals surface area contributed by atoms with E-state index in [1.807, 2.05) is 18.2 Å². The maximum Gasteiger partial charge on any atom is 0.258 e. The highest BCUT2D eigenvalue weighted by Gasteiger charge is 2.22. The molecule has 4 nitrogen and oxygen atoms in total. The molecule has 1 aliphatic rings. The minimum Gasteiger partial charge on any atom is -0.483 e. The molecule has 2 rings (SSSR count). The minimum absolute atomic E-state index is 0.0299. The van der Waals surface area contributed by atoms with Gasteiger partial charge in [0, 0.05) is 6.04 Å². The highest BCUT2D eigenvalue weighted by atomic mass is 16.5. The SMILES string of the molecule is CCC(C)c1ccccc1OCC(=O)NC1CCNCC1C. The first-order valence-electron chi connectivity index (χ1n) is 8.33. The number of hydrogen-bond donors (Lipinski definition) is 2. The Morgan fingerprint density at radius 2 is 2.23 bits per heavy atom. The number of para-hydroxylation sites is 1. The summed E-state index contributed by atoms with van der Waals surface area (Å²) in [4.78, 5) is 12.1. The Kier molecular flexibility index (Phi) is 6.25. The van der Waals surface area contributed by atoms with Crippen LogP contribution in [-0.2, 0) is 4.79 Å². The van der Waals surface area contributed by atoms with Gasteiger partial charge in [0.2, 0.25) is 0 Å². The average molecular weight is 304 g/mol. The van der Waals surface area contributed by atoms with E-state index in [9.17, 15) is 4.79 Å². The normalized spacial score (nSPS) is 22.9. The number of nitrogens with one attached hydrogen (secondary N) is 2. The van der Waals surface area contributed by atoms with E-state index in [1.165, 1.54) is 5.56 Å². The van der Waals surface area contributed by atoms with Crippen molar-refractivity contribution in [1.82, 2.24) is 10.6 Å². The number of rotatable bonds is 6. The molecule has 1 saturated heterocycles. The van der Waals surface area contributed by atoms with Gasteiger partial charge in [-0.15, -0.1) is 0 Å². The average Bonchev–Trinajstić information content (AvgIpc) is 2.54. The van der Waals surface area contributed by atoms with Crippen molar-refractivity contribution in [1.29, 1.82) is 0 Å². The summed E-state index contributed by atoms with van der Waals surface area (Å²) in [6.07, 6.45) is 2.04. The fourth-order valence-corrected chi connectivity index (χ4v) is 2.86. The summed E-state index contributed by atoms with van der Waals surface area (Å²) in [6.45, 7) is 8.52. The van der Waals surface area contributed by atoms with Crippen LogP contribution in [0, 0.1) is 5.92 Å². The van der Waals surface area contributed by atoms with E-state index < -0.39 is 0 Å². The van der Waals surface area contributed by atoms with E-state index in [2.05, 4.69) is 37.5 Å². The predicted molar refractivity (Wildman–Crippen MR) is 89.2 cm³/mol. The first kappa shape index (κ1) is 16.8. The van der Waals surface area contributed by atoms with Gasteiger partial charge in [-0.3, -0.25) is 4.79 Å². The molecule has 4 heteroatoms. The zero-order valence-corrected chi connectivity index (χ0v) is 13.9. The quantitative estimate of drug-likeness (QED) is 0.849. The highest BCUT2D eigenvalue weighted by Crippen LogP contribution is 2.28. The second kappa shape index (κ2) is 8.18. The van der Waals surface area contributed by atoms with Crippen molar-refractivity contribution in [2.24, 2.45) is 5.92 Å². The monoisotopic (exact) mass is 304 g/mol. The third-order valence-electron chi connectivity index (χ3n) is 4.55. The summed E-state index contributed by atoms with van der Waals surface area (Å²) in [6, 6.07) is 8.25. The molecular weight excluding hydrogens is 276 g/mol. The molecule has 3 unspecified atom stereocenters. The number of carbonyl (C=O) groups excluding carboxylic acids is 1. The third kappa shape index (κ3) is 4.47. The third-order valence-corrected chi connectivity index (χ3v) is 4.55. The molecule has 0 bridgehead atoms. The maximum atomic E-state index is 12.1. The Morgan fingerprint density at radius 1 is 1.45 bits per heavy atom. The molecule has 2 N–H and O–H groups in total. The fraction of sp³-hybridized carbons (Fsp3) is 0.611. The molecule has 0 aromatic heterocycles. The van der Waals surface area contributed by atoms with Crippen molar-refractivity contribution >= 4 is 5.91 Å². The van der Waals surface area contributed by atoms with Crippen LogP contribution in [0.25, 0.3) is 0 Å². The van der Waals surface area contributed by atoms with Crippen LogP contribution in [0.4, 0.5) is 0 Å². The topological polar surface area (TPSA) is 50.4 Å². The minimum atomic E-state index is -0.0299. The van der Waals surface area contributed by atoms with Gasteiger partial charge in [0.25, 0.3) is 5.91 Å². The first-order valence-corrected chi connectivity index (χ1v) is 8.33. The van der Waals surface area contributed by atoms with Gasteiger partial charge < -0.3 is 15.4 Å². The van der Waals surface area contributed by atoms with Crippen LogP contribution in [0.2, 0.25) is 0 Å². The van der Waals surface area contributed by atoms with Crippen molar-refractivity contribution in [3.8, 4) is 5.75 Å². The van der Waals surface area contributed by atoms with Gasteiger partial charge in [-0.25, -0.2) is 0 Å². The summed E-state index contributed by atoms with van der Waals surface area (Å²) in [5.41, 5.74) is 1.17. The fourth-order valence-electron chi connectivity index (χ4n) is 2.86. The van der Waals surface area contributed by atoms with E-state index in [0.29, 0.717) is 11.8 Å². The largest absolute Gasteiger partial charge is 0.483 e. The molecular formula is C18H28N2O2. The molecule has 1 heterocycles. The Hall–Kier alpha value is -1.55. The predicted octanol–water partition coefficient (Wildman–Crippen LogP) is 2.69. The van der Waals surface area contributed by atoms with Gasteiger partial charge in [-0.05, 0) is 49.4 Å². The van der Waals surface area contributed by atoms with Crippen molar-refractivity contribution < 1.29 is 9.53 Å². The maximum absolute atomic E-state index is 12.1. The van der Waals surface area contributed by atoms with Gasteiger partial charge in [-0.2, -0.15) is 0 Å². The zero-order valence-electron chi connectivity index (χ0n) is 13.9. The van der Waals surface area contributed by atoms with Gasteiger partial charge >= 0.3 is 0 Å². The van der Waals surface area contributed by atoms with E-state index in [4.69, 9.17) is 4.74 Å². The van der Waals surface area contributed by atoms with Gasteiger partial charge in [0.15, 0.2) is 6.61 Å². The first-order chi connectivity index (χ1) is 10.6. The standard InChI is InChI=1S/C18H28N2O2/c1-4-13(2)15-7-5-6-8-17(15)22-12-18(21)20-16-9-10-19-11-14(16)3/h5-8,13-14,16,19H,4,9-12H2,1-3H3,(H,20,21). The molecule has 3 atom stereocenters. The Bertz CT molecular complexity index is 490. The molecule has 0 aliphatic carbocycles. The number of piperidine rings is 1. The molecule has 1 amide bonds. The number of ether oxygens (including phenoxy) is 1. The number of carbonyl (C=O) groups is 1. The van der Waals surface area contributed by atoms with E-state index in [-0.39, 0.29) is 18.6 Å². The van der Waals surface area contributed by atoms with Crippen LogP contribution in [0.5, 0.6) is 5.75 Å². The van der Waals surface area contributed by atoms with Crippen molar-refractivity contribution in [2.45, 2.75) is 45.6 Å². The second-order valence-corrected chi connectivity index (χ2v) is 6.28. The van der Waals surface area contributed by atoms with Crippen LogP contribution in [0.3, 0.4) is 0 Å². The van der Waals surface area contributed by atoms with E-state index in [1.54, 1.807) is 0 Å². The molecule has 1 aliphatic heterocycles. The van der Waals surface area contributed by atoms with Crippen LogP contribution < -0.4 is 15.4 Å². The Morgan fingerprint density at radius 3 is 2.95 bits per heavy atom. The number of benzene rings is 1. The molecule has 22 heavy (non-hydrogen) atoms. The lowest BCUT2D eigenvalue weighted by Crippen LogP contribution is -2.49. The van der Waals surface area contributed by atoms with Crippen molar-refractivity contribution in [3.63, 3.8) is 0 Å². The van der Waals surface area contributed by atoms with Gasteiger partial charge in [0.05, 0.1) is 0 Å². The summed E-state index contributed by atoms with van der Waals surface area (Å²) in [7, 11) is 0.